The first-order valence-electron chi connectivity index (χ1n) is 23.2. The lowest BCUT2D eigenvalue weighted by Gasteiger charge is -2.29. The Bertz CT molecular complexity index is 4210. The van der Waals surface area contributed by atoms with Gasteiger partial charge < -0.3 is 18.3 Å². The molecule has 0 fully saturated rings. The van der Waals surface area contributed by atoms with Crippen LogP contribution >= 0.6 is 0 Å². The van der Waals surface area contributed by atoms with Gasteiger partial charge in [0.2, 0.25) is 0 Å². The van der Waals surface area contributed by atoms with E-state index in [2.05, 4.69) is 240 Å². The van der Waals surface area contributed by atoms with Gasteiger partial charge in [0.05, 0.1) is 16.7 Å². The van der Waals surface area contributed by atoms with Crippen LogP contribution in [0.5, 0.6) is 0 Å². The van der Waals surface area contributed by atoms with E-state index >= 15 is 0 Å². The van der Waals surface area contributed by atoms with Gasteiger partial charge in [-0.1, -0.05) is 176 Å². The number of fused-ring (bicyclic) bond motifs is 10. The molecule has 0 aliphatic rings. The summed E-state index contributed by atoms with van der Waals surface area (Å²) in [7, 11) is 0. The largest absolute Gasteiger partial charge is 0.455 e. The van der Waals surface area contributed by atoms with E-state index in [0.29, 0.717) is 0 Å². The molecule has 0 N–H and O–H groups in total. The molecule has 68 heavy (non-hydrogen) atoms. The molecule has 4 heteroatoms. The van der Waals surface area contributed by atoms with Crippen molar-refractivity contribution in [3.8, 4) is 39.1 Å². The number of hydrogen-bond acceptors (Lipinski definition) is 3. The number of para-hydroxylation sites is 6. The molecule has 0 amide bonds. The number of aromatic nitrogens is 1. The third kappa shape index (κ3) is 5.94. The fourth-order valence-electron chi connectivity index (χ4n) is 10.7. The van der Waals surface area contributed by atoms with Gasteiger partial charge in [0.1, 0.15) is 22.3 Å². The Morgan fingerprint density at radius 1 is 0.309 bits per heavy atom. The maximum absolute atomic E-state index is 6.84. The lowest BCUT2D eigenvalue weighted by atomic mass is 9.96. The van der Waals surface area contributed by atoms with Crippen molar-refractivity contribution in [3.05, 3.63) is 243 Å². The molecule has 3 aromatic heterocycles. The molecule has 14 aromatic rings. The minimum Gasteiger partial charge on any atom is -0.455 e. The van der Waals surface area contributed by atoms with Gasteiger partial charge in [-0.05, 0) is 94.2 Å². The molecule has 0 aliphatic heterocycles. The van der Waals surface area contributed by atoms with E-state index in [4.69, 9.17) is 8.83 Å². The highest BCUT2D eigenvalue weighted by molar-refractivity contribution is 6.14. The van der Waals surface area contributed by atoms with Crippen molar-refractivity contribution in [2.75, 3.05) is 4.90 Å². The van der Waals surface area contributed by atoms with Gasteiger partial charge in [-0.15, -0.1) is 0 Å². The molecule has 318 valence electrons. The third-order valence-corrected chi connectivity index (χ3v) is 13.8. The molecule has 14 rings (SSSR count). The van der Waals surface area contributed by atoms with Crippen molar-refractivity contribution in [2.24, 2.45) is 0 Å². The highest BCUT2D eigenvalue weighted by Gasteiger charge is 2.24. The molecule has 0 saturated heterocycles. The summed E-state index contributed by atoms with van der Waals surface area (Å²) in [5.41, 5.74) is 16.5. The molecule has 11 aromatic carbocycles. The fraction of sp³-hybridized carbons (Fsp3) is 0. The summed E-state index contributed by atoms with van der Waals surface area (Å²) < 4.78 is 15.9. The van der Waals surface area contributed by atoms with E-state index in [0.717, 1.165) is 94.4 Å². The Labute approximate surface area is 391 Å². The lowest BCUT2D eigenvalue weighted by Crippen LogP contribution is -2.11. The maximum Gasteiger partial charge on any atom is 0.143 e. The zero-order valence-corrected chi connectivity index (χ0v) is 36.8. The van der Waals surface area contributed by atoms with Gasteiger partial charge in [0.25, 0.3) is 0 Å². The number of anilines is 3. The minimum atomic E-state index is 0.853. The van der Waals surface area contributed by atoms with Crippen LogP contribution in [-0.4, -0.2) is 4.57 Å². The van der Waals surface area contributed by atoms with Gasteiger partial charge in [0.15, 0.2) is 0 Å². The van der Waals surface area contributed by atoms with Crippen LogP contribution < -0.4 is 4.90 Å². The summed E-state index contributed by atoms with van der Waals surface area (Å²) in [5, 5.41) is 9.26. The standard InChI is InChI=1S/C64H40N2O2/c1-2-17-47-41(15-1)16-13-23-48(47)42-31-35-44(36-32-42)65(58-26-8-5-20-51(58)54-24-14-25-55-52-21-6-11-29-61(52)67-63(54)55)46-39-56(64-57(40-46)53-22-7-12-30-62(53)68-64)43-33-37-45(38-34-43)66-59-27-9-3-18-49(59)50-19-4-10-28-60(50)66/h1-40H. The van der Waals surface area contributed by atoms with E-state index in [-0.39, 0.29) is 0 Å². The monoisotopic (exact) mass is 868 g/mol. The van der Waals surface area contributed by atoms with E-state index in [1.807, 2.05) is 12.1 Å². The predicted molar refractivity (Wildman–Crippen MR) is 284 cm³/mol. The smallest absolute Gasteiger partial charge is 0.143 e. The normalized spacial score (nSPS) is 11.8. The molecular formula is C64H40N2O2. The first kappa shape index (κ1) is 38.2. The average molecular weight is 869 g/mol. The van der Waals surface area contributed by atoms with Gasteiger partial charge >= 0.3 is 0 Å². The topological polar surface area (TPSA) is 34.5 Å². The van der Waals surface area contributed by atoms with Crippen molar-refractivity contribution < 1.29 is 8.83 Å². The summed E-state index contributed by atoms with van der Waals surface area (Å²) >= 11 is 0. The number of nitrogens with zero attached hydrogens (tertiary/aromatic N) is 2. The zero-order chi connectivity index (χ0) is 44.7. The maximum atomic E-state index is 6.84. The first-order chi connectivity index (χ1) is 33.7. The molecule has 0 atom stereocenters. The fourth-order valence-corrected chi connectivity index (χ4v) is 10.7. The molecule has 0 spiro atoms. The van der Waals surface area contributed by atoms with Crippen LogP contribution in [0.4, 0.5) is 17.1 Å². The second kappa shape index (κ2) is 15.2. The summed E-state index contributed by atoms with van der Waals surface area (Å²) in [6, 6.07) is 86.9. The highest BCUT2D eigenvalue weighted by atomic mass is 16.3. The number of rotatable bonds is 7. The Morgan fingerprint density at radius 3 is 1.54 bits per heavy atom. The van der Waals surface area contributed by atoms with Crippen molar-refractivity contribution in [2.45, 2.75) is 0 Å². The molecular weight excluding hydrogens is 829 g/mol. The van der Waals surface area contributed by atoms with E-state index < -0.39 is 0 Å². The Balaban J connectivity index is 0.993. The highest BCUT2D eigenvalue weighted by Crippen LogP contribution is 2.48. The molecule has 0 aliphatic carbocycles. The van der Waals surface area contributed by atoms with Crippen LogP contribution in [0.1, 0.15) is 0 Å². The van der Waals surface area contributed by atoms with Crippen molar-refractivity contribution in [1.82, 2.24) is 4.57 Å². The van der Waals surface area contributed by atoms with Gasteiger partial charge in [0, 0.05) is 66.1 Å². The molecule has 0 unspecified atom stereocenters. The van der Waals surface area contributed by atoms with Crippen LogP contribution in [0.3, 0.4) is 0 Å². The quantitative estimate of drug-likeness (QED) is 0.160. The number of benzene rings is 11. The van der Waals surface area contributed by atoms with Crippen LogP contribution in [0.2, 0.25) is 0 Å². The van der Waals surface area contributed by atoms with E-state index in [9.17, 15) is 0 Å². The Kier molecular flexibility index (Phi) is 8.55. The summed E-state index contributed by atoms with van der Waals surface area (Å²) in [6.45, 7) is 0. The molecule has 0 bridgehead atoms. The summed E-state index contributed by atoms with van der Waals surface area (Å²) in [5.74, 6) is 0. The molecule has 0 saturated carbocycles. The van der Waals surface area contributed by atoms with E-state index in [1.54, 1.807) is 0 Å². The van der Waals surface area contributed by atoms with Gasteiger partial charge in [-0.3, -0.25) is 0 Å². The molecule has 3 heterocycles. The average Bonchev–Trinajstić information content (AvgIpc) is 4.09. The molecule has 4 nitrogen and oxygen atoms in total. The Morgan fingerprint density at radius 2 is 0.809 bits per heavy atom. The SMILES string of the molecule is c1ccc(N(c2ccc(-c3cccc4ccccc34)cc2)c2cc(-c3ccc(-n4c5ccccc5c5ccccc54)cc3)c3oc4ccccc4c3c2)c(-c2cccc3c2oc2ccccc23)c1. The van der Waals surface area contributed by atoms with Gasteiger partial charge in [-0.25, -0.2) is 0 Å². The zero-order valence-electron chi connectivity index (χ0n) is 36.8. The second-order valence-electron chi connectivity index (χ2n) is 17.6. The van der Waals surface area contributed by atoms with Crippen molar-refractivity contribution >= 4 is 93.5 Å². The Hall–Kier alpha value is -9.12. The van der Waals surface area contributed by atoms with Gasteiger partial charge in [-0.2, -0.15) is 0 Å². The van der Waals surface area contributed by atoms with E-state index in [1.165, 1.54) is 38.1 Å². The predicted octanol–water partition coefficient (Wildman–Crippen LogP) is 18.2. The molecule has 0 radical (unpaired) electrons. The summed E-state index contributed by atoms with van der Waals surface area (Å²) in [6.07, 6.45) is 0. The summed E-state index contributed by atoms with van der Waals surface area (Å²) in [4.78, 5) is 2.40. The lowest BCUT2D eigenvalue weighted by molar-refractivity contribution is 0.669. The number of hydrogen-bond donors (Lipinski definition) is 0. The van der Waals surface area contributed by atoms with Crippen LogP contribution in [0.15, 0.2) is 251 Å². The first-order valence-corrected chi connectivity index (χ1v) is 23.2. The third-order valence-electron chi connectivity index (χ3n) is 13.8. The second-order valence-corrected chi connectivity index (χ2v) is 17.6. The van der Waals surface area contributed by atoms with Crippen molar-refractivity contribution in [3.63, 3.8) is 0 Å². The van der Waals surface area contributed by atoms with Crippen LogP contribution in [0, 0.1) is 0 Å². The van der Waals surface area contributed by atoms with Crippen molar-refractivity contribution in [1.29, 1.82) is 0 Å². The minimum absolute atomic E-state index is 0.853. The number of furan rings is 2. The van der Waals surface area contributed by atoms with Crippen LogP contribution in [0.25, 0.3) is 116 Å². The van der Waals surface area contributed by atoms with Crippen LogP contribution in [-0.2, 0) is 0 Å².